The minimum absolute atomic E-state index is 0.286. The van der Waals surface area contributed by atoms with Gasteiger partial charge in [0.25, 0.3) is 20.2 Å². The Morgan fingerprint density at radius 3 is 1.52 bits per heavy atom. The number of carbonyl (C=O) groups excluding carboxylic acids is 2. The maximum atomic E-state index is 11.2. The van der Waals surface area contributed by atoms with Gasteiger partial charge in [0.1, 0.15) is 0 Å². The van der Waals surface area contributed by atoms with Gasteiger partial charge in [0.05, 0.1) is 22.6 Å². The first-order valence-corrected chi connectivity index (χ1v) is 10.7. The van der Waals surface area contributed by atoms with Gasteiger partial charge >= 0.3 is 0 Å². The number of carbonyl (C=O) groups is 2. The summed E-state index contributed by atoms with van der Waals surface area (Å²) in [7, 11) is -8.18. The number of amides is 2. The maximum Gasteiger partial charge on any atom is 0.267 e. The summed E-state index contributed by atoms with van der Waals surface area (Å²) in [6.45, 7) is 14.1. The van der Waals surface area contributed by atoms with Gasteiger partial charge in [0.15, 0.2) is 0 Å². The van der Waals surface area contributed by atoms with Crippen LogP contribution in [0.15, 0.2) is 24.8 Å². The Kier molecular flexibility index (Phi) is 10.1. The van der Waals surface area contributed by atoms with Gasteiger partial charge in [-0.05, 0) is 40.7 Å². The van der Waals surface area contributed by atoms with Gasteiger partial charge in [-0.1, -0.05) is 13.2 Å². The molecule has 0 aliphatic rings. The van der Waals surface area contributed by atoms with Gasteiger partial charge in [-0.25, -0.2) is 0 Å². The van der Waals surface area contributed by atoms with Gasteiger partial charge in [0.2, 0.25) is 11.8 Å². The standard InChI is InChI=1S/C8H15NO4S.C7H13NO4S/c1-6(2)7(10)9-8(3,4)5-14(11,12)13;1-4-6(9)8-7(2,3)5-13(10,11)12/h1,5H2,2-4H3,(H,9,10)(H,11,12,13);4H,1,5H2,2-3H3,(H,8,9)(H,10,11,12). The highest BCUT2D eigenvalue weighted by Crippen LogP contribution is 2.07. The first kappa shape index (κ1) is 27.5. The van der Waals surface area contributed by atoms with Crippen LogP contribution in [0.25, 0.3) is 0 Å². The van der Waals surface area contributed by atoms with Crippen molar-refractivity contribution in [1.29, 1.82) is 0 Å². The predicted molar refractivity (Wildman–Crippen MR) is 102 cm³/mol. The van der Waals surface area contributed by atoms with Gasteiger partial charge < -0.3 is 10.6 Å². The van der Waals surface area contributed by atoms with E-state index < -0.39 is 54.6 Å². The Bertz CT molecular complexity index is 781. The second-order valence-electron chi connectivity index (χ2n) is 7.15. The average molecular weight is 429 g/mol. The van der Waals surface area contributed by atoms with E-state index >= 15 is 0 Å². The zero-order valence-electron chi connectivity index (χ0n) is 16.1. The van der Waals surface area contributed by atoms with Crippen LogP contribution in [-0.2, 0) is 29.8 Å². The summed E-state index contributed by atoms with van der Waals surface area (Å²) in [6, 6.07) is 0. The summed E-state index contributed by atoms with van der Waals surface area (Å²) in [5, 5.41) is 4.80. The van der Waals surface area contributed by atoms with E-state index in [9.17, 15) is 26.4 Å². The molecule has 27 heavy (non-hydrogen) atoms. The Labute approximate surface area is 160 Å². The third kappa shape index (κ3) is 17.4. The lowest BCUT2D eigenvalue weighted by Gasteiger charge is -2.24. The minimum atomic E-state index is -4.10. The molecule has 2 amide bonds. The zero-order chi connectivity index (χ0) is 22.3. The average Bonchev–Trinajstić information content (AvgIpc) is 2.31. The SMILES string of the molecule is C=C(C)C(=O)NC(C)(C)CS(=O)(=O)O.C=CC(=O)NC(C)(C)CS(=O)(=O)O. The molecule has 0 aromatic rings. The first-order chi connectivity index (χ1) is 11.7. The van der Waals surface area contributed by atoms with Crippen molar-refractivity contribution >= 4 is 32.1 Å². The van der Waals surface area contributed by atoms with Crippen molar-refractivity contribution in [1.82, 2.24) is 10.6 Å². The van der Waals surface area contributed by atoms with Crippen LogP contribution >= 0.6 is 0 Å². The predicted octanol–water partition coefficient (Wildman–Crippen LogP) is 0.300. The van der Waals surface area contributed by atoms with Crippen LogP contribution in [0.1, 0.15) is 34.6 Å². The van der Waals surface area contributed by atoms with E-state index in [1.165, 1.54) is 34.6 Å². The molecular formula is C15H28N2O8S2. The Hall–Kier alpha value is -1.76. The molecular weight excluding hydrogens is 400 g/mol. The van der Waals surface area contributed by atoms with Gasteiger partial charge in [-0.3, -0.25) is 18.7 Å². The number of nitrogens with one attached hydrogen (secondary N) is 2. The quantitative estimate of drug-likeness (QED) is 0.316. The van der Waals surface area contributed by atoms with Crippen LogP contribution in [0.2, 0.25) is 0 Å². The lowest BCUT2D eigenvalue weighted by atomic mass is 10.1. The highest BCUT2D eigenvalue weighted by Gasteiger charge is 2.27. The number of hydrogen-bond acceptors (Lipinski definition) is 6. The van der Waals surface area contributed by atoms with Crippen molar-refractivity contribution in [2.45, 2.75) is 45.7 Å². The van der Waals surface area contributed by atoms with Gasteiger partial charge in [-0.2, -0.15) is 16.8 Å². The van der Waals surface area contributed by atoms with Crippen LogP contribution in [0.5, 0.6) is 0 Å². The number of hydrogen-bond donors (Lipinski definition) is 4. The largest absolute Gasteiger partial charge is 0.347 e. The van der Waals surface area contributed by atoms with E-state index in [0.29, 0.717) is 0 Å². The molecule has 0 unspecified atom stereocenters. The van der Waals surface area contributed by atoms with E-state index in [1.807, 2.05) is 0 Å². The van der Waals surface area contributed by atoms with Crippen LogP contribution in [0.4, 0.5) is 0 Å². The van der Waals surface area contributed by atoms with Crippen LogP contribution in [0, 0.1) is 0 Å². The smallest absolute Gasteiger partial charge is 0.267 e. The fourth-order valence-electron chi connectivity index (χ4n) is 1.78. The molecule has 0 aliphatic carbocycles. The summed E-state index contributed by atoms with van der Waals surface area (Å²) < 4.78 is 59.3. The summed E-state index contributed by atoms with van der Waals surface area (Å²) in [4.78, 5) is 22.0. The molecule has 0 aromatic heterocycles. The lowest BCUT2D eigenvalue weighted by Crippen LogP contribution is -2.48. The second kappa shape index (κ2) is 9.97. The topological polar surface area (TPSA) is 167 Å². The van der Waals surface area contributed by atoms with Crippen LogP contribution < -0.4 is 10.6 Å². The molecule has 0 aromatic carbocycles. The lowest BCUT2D eigenvalue weighted by molar-refractivity contribution is -0.119. The summed E-state index contributed by atoms with van der Waals surface area (Å²) >= 11 is 0. The number of rotatable bonds is 8. The molecule has 0 rings (SSSR count). The molecule has 0 saturated carbocycles. The molecule has 0 bridgehead atoms. The Morgan fingerprint density at radius 1 is 0.926 bits per heavy atom. The molecule has 4 N–H and O–H groups in total. The van der Waals surface area contributed by atoms with Crippen molar-refractivity contribution in [3.63, 3.8) is 0 Å². The maximum absolute atomic E-state index is 11.2. The molecule has 158 valence electrons. The third-order valence-electron chi connectivity index (χ3n) is 2.57. The fourth-order valence-corrected chi connectivity index (χ4v) is 3.75. The first-order valence-electron chi connectivity index (χ1n) is 7.52. The van der Waals surface area contributed by atoms with E-state index in [-0.39, 0.29) is 5.57 Å². The monoisotopic (exact) mass is 428 g/mol. The molecule has 0 radical (unpaired) electrons. The summed E-state index contributed by atoms with van der Waals surface area (Å²) in [5.41, 5.74) is -1.73. The molecule has 0 spiro atoms. The third-order valence-corrected chi connectivity index (χ3v) is 4.75. The molecule has 0 atom stereocenters. The Balaban J connectivity index is 0. The zero-order valence-corrected chi connectivity index (χ0v) is 17.7. The van der Waals surface area contributed by atoms with E-state index in [4.69, 9.17) is 9.11 Å². The van der Waals surface area contributed by atoms with Crippen molar-refractivity contribution in [3.8, 4) is 0 Å². The second-order valence-corrected chi connectivity index (χ2v) is 10.1. The summed E-state index contributed by atoms with van der Waals surface area (Å²) in [6.07, 6.45) is 1.03. The molecule has 0 aliphatic heterocycles. The van der Waals surface area contributed by atoms with Crippen LogP contribution in [-0.4, -0.2) is 60.3 Å². The molecule has 0 fully saturated rings. The van der Waals surface area contributed by atoms with Crippen molar-refractivity contribution < 1.29 is 35.5 Å². The van der Waals surface area contributed by atoms with E-state index in [2.05, 4.69) is 23.8 Å². The highest BCUT2D eigenvalue weighted by molar-refractivity contribution is 7.86. The minimum Gasteiger partial charge on any atom is -0.347 e. The molecule has 0 saturated heterocycles. The van der Waals surface area contributed by atoms with Crippen molar-refractivity contribution in [2.75, 3.05) is 11.5 Å². The van der Waals surface area contributed by atoms with Crippen molar-refractivity contribution in [2.24, 2.45) is 0 Å². The fraction of sp³-hybridized carbons (Fsp3) is 0.600. The van der Waals surface area contributed by atoms with E-state index in [1.54, 1.807) is 0 Å². The molecule has 12 heteroatoms. The Morgan fingerprint density at radius 2 is 1.26 bits per heavy atom. The molecule has 0 heterocycles. The van der Waals surface area contributed by atoms with Gasteiger partial charge in [0, 0.05) is 5.57 Å². The normalized spacial score (nSPS) is 12.3. The van der Waals surface area contributed by atoms with Crippen LogP contribution in [0.3, 0.4) is 0 Å². The van der Waals surface area contributed by atoms with Gasteiger partial charge in [-0.15, -0.1) is 0 Å². The van der Waals surface area contributed by atoms with E-state index in [0.717, 1.165) is 6.08 Å². The summed E-state index contributed by atoms with van der Waals surface area (Å²) in [5.74, 6) is -1.97. The highest BCUT2D eigenvalue weighted by atomic mass is 32.2. The molecule has 10 nitrogen and oxygen atoms in total. The van der Waals surface area contributed by atoms with Crippen molar-refractivity contribution in [3.05, 3.63) is 24.8 Å².